The molecule has 0 N–H and O–H groups in total. The molecular formula is C25H15NO. The third kappa shape index (κ3) is 2.04. The topological polar surface area (TPSA) is 26.0 Å². The van der Waals surface area contributed by atoms with Crippen molar-refractivity contribution in [2.45, 2.75) is 0 Å². The number of aromatic nitrogens is 1. The molecule has 0 fully saturated rings. The number of benzene rings is 5. The first-order valence-corrected chi connectivity index (χ1v) is 9.08. The van der Waals surface area contributed by atoms with Crippen LogP contribution in [-0.4, -0.2) is 4.98 Å². The van der Waals surface area contributed by atoms with Crippen molar-refractivity contribution in [2.75, 3.05) is 0 Å². The maximum atomic E-state index is 6.37. The van der Waals surface area contributed by atoms with E-state index in [0.29, 0.717) is 5.89 Å². The second kappa shape index (κ2) is 5.42. The Morgan fingerprint density at radius 2 is 1.11 bits per heavy atom. The van der Waals surface area contributed by atoms with Crippen molar-refractivity contribution in [3.63, 3.8) is 0 Å². The molecule has 126 valence electrons. The second-order valence-electron chi connectivity index (χ2n) is 6.81. The lowest BCUT2D eigenvalue weighted by molar-refractivity contribution is 0.624. The Bertz CT molecular complexity index is 1400. The lowest BCUT2D eigenvalue weighted by atomic mass is 10.0. The number of nitrogens with zero attached hydrogens (tertiary/aromatic N) is 1. The molecule has 27 heavy (non-hydrogen) atoms. The minimum Gasteiger partial charge on any atom is -0.435 e. The standard InChI is InChI=1S/C25H15NO/c1-2-10-17-16(8-1)9-7-15-22(17)25-26-23-20-13-5-3-11-18(20)19-12-4-6-14-21(19)24(23)27-25/h1-15H. The van der Waals surface area contributed by atoms with Crippen LogP contribution in [0.5, 0.6) is 0 Å². The van der Waals surface area contributed by atoms with Crippen LogP contribution in [0.3, 0.4) is 0 Å². The van der Waals surface area contributed by atoms with E-state index in [4.69, 9.17) is 9.40 Å². The van der Waals surface area contributed by atoms with Gasteiger partial charge in [-0.3, -0.25) is 0 Å². The van der Waals surface area contributed by atoms with Crippen LogP contribution in [0, 0.1) is 0 Å². The smallest absolute Gasteiger partial charge is 0.227 e. The van der Waals surface area contributed by atoms with Crippen LogP contribution in [-0.2, 0) is 0 Å². The van der Waals surface area contributed by atoms with E-state index in [-0.39, 0.29) is 0 Å². The normalized spacial score (nSPS) is 11.7. The van der Waals surface area contributed by atoms with Crippen molar-refractivity contribution in [3.05, 3.63) is 91.0 Å². The Labute approximate surface area is 155 Å². The molecule has 0 radical (unpaired) electrons. The van der Waals surface area contributed by atoms with Crippen LogP contribution >= 0.6 is 0 Å². The zero-order valence-electron chi connectivity index (χ0n) is 14.5. The highest BCUT2D eigenvalue weighted by Crippen LogP contribution is 2.38. The van der Waals surface area contributed by atoms with E-state index < -0.39 is 0 Å². The van der Waals surface area contributed by atoms with Crippen LogP contribution in [0.1, 0.15) is 0 Å². The van der Waals surface area contributed by atoms with Gasteiger partial charge in [-0.15, -0.1) is 0 Å². The average Bonchev–Trinajstić information content (AvgIpc) is 3.19. The van der Waals surface area contributed by atoms with Crippen molar-refractivity contribution in [1.82, 2.24) is 4.98 Å². The zero-order valence-corrected chi connectivity index (χ0v) is 14.5. The monoisotopic (exact) mass is 345 g/mol. The van der Waals surface area contributed by atoms with Crippen molar-refractivity contribution in [2.24, 2.45) is 0 Å². The molecule has 1 aromatic heterocycles. The number of oxazole rings is 1. The van der Waals surface area contributed by atoms with E-state index in [1.165, 1.54) is 16.2 Å². The molecule has 0 atom stereocenters. The largest absolute Gasteiger partial charge is 0.435 e. The Balaban J connectivity index is 1.78. The molecule has 0 bridgehead atoms. The third-order valence-electron chi connectivity index (χ3n) is 5.29. The van der Waals surface area contributed by atoms with Gasteiger partial charge in [0.1, 0.15) is 5.52 Å². The minimum absolute atomic E-state index is 0.670. The van der Waals surface area contributed by atoms with Crippen LogP contribution in [0.2, 0.25) is 0 Å². The summed E-state index contributed by atoms with van der Waals surface area (Å²) in [4.78, 5) is 4.94. The first kappa shape index (κ1) is 14.5. The van der Waals surface area contributed by atoms with E-state index in [9.17, 15) is 0 Å². The summed E-state index contributed by atoms with van der Waals surface area (Å²) < 4.78 is 6.37. The van der Waals surface area contributed by atoms with Gasteiger partial charge in [0.05, 0.1) is 0 Å². The molecule has 6 aromatic rings. The molecule has 1 heterocycles. The molecule has 0 aliphatic carbocycles. The summed E-state index contributed by atoms with van der Waals surface area (Å²) in [6.45, 7) is 0. The minimum atomic E-state index is 0.670. The van der Waals surface area contributed by atoms with Gasteiger partial charge in [0.2, 0.25) is 5.89 Å². The van der Waals surface area contributed by atoms with E-state index in [2.05, 4.69) is 91.0 Å². The van der Waals surface area contributed by atoms with Crippen molar-refractivity contribution < 1.29 is 4.42 Å². The molecule has 0 amide bonds. The zero-order chi connectivity index (χ0) is 17.8. The van der Waals surface area contributed by atoms with E-state index in [1.807, 2.05) is 0 Å². The van der Waals surface area contributed by atoms with Gasteiger partial charge in [-0.2, -0.15) is 0 Å². The summed E-state index contributed by atoms with van der Waals surface area (Å²) in [6.07, 6.45) is 0. The van der Waals surface area contributed by atoms with Crippen LogP contribution in [0.25, 0.3) is 54.9 Å². The molecule has 2 heteroatoms. The number of rotatable bonds is 1. The molecule has 0 spiro atoms. The van der Waals surface area contributed by atoms with Gasteiger partial charge < -0.3 is 4.42 Å². The average molecular weight is 345 g/mol. The summed E-state index contributed by atoms with van der Waals surface area (Å²) in [5, 5.41) is 6.97. The van der Waals surface area contributed by atoms with E-state index in [1.54, 1.807) is 0 Å². The summed E-state index contributed by atoms with van der Waals surface area (Å²) in [5.74, 6) is 0.670. The van der Waals surface area contributed by atoms with Crippen molar-refractivity contribution >= 4 is 43.4 Å². The summed E-state index contributed by atoms with van der Waals surface area (Å²) in [5.41, 5.74) is 2.80. The van der Waals surface area contributed by atoms with Gasteiger partial charge in [-0.05, 0) is 27.6 Å². The molecule has 0 unspecified atom stereocenters. The van der Waals surface area contributed by atoms with Gasteiger partial charge in [0.25, 0.3) is 0 Å². The van der Waals surface area contributed by atoms with Gasteiger partial charge in [-0.25, -0.2) is 4.98 Å². The van der Waals surface area contributed by atoms with Crippen LogP contribution in [0.4, 0.5) is 0 Å². The summed E-state index contributed by atoms with van der Waals surface area (Å²) in [7, 11) is 0. The molecule has 5 aromatic carbocycles. The SMILES string of the molecule is c1ccc2c(-c3nc4c5ccccc5c5ccccc5c4o3)cccc2c1. The summed E-state index contributed by atoms with van der Waals surface area (Å²) >= 11 is 0. The third-order valence-corrected chi connectivity index (χ3v) is 5.29. The molecule has 0 saturated heterocycles. The van der Waals surface area contributed by atoms with E-state index >= 15 is 0 Å². The van der Waals surface area contributed by atoms with Gasteiger partial charge in [-0.1, -0.05) is 84.9 Å². The molecular weight excluding hydrogens is 330 g/mol. The fourth-order valence-corrected chi connectivity index (χ4v) is 4.05. The lowest BCUT2D eigenvalue weighted by Gasteiger charge is -2.04. The van der Waals surface area contributed by atoms with Gasteiger partial charge >= 0.3 is 0 Å². The molecule has 0 saturated carbocycles. The highest BCUT2D eigenvalue weighted by Gasteiger charge is 2.16. The first-order valence-electron chi connectivity index (χ1n) is 9.08. The predicted molar refractivity (Wildman–Crippen MR) is 112 cm³/mol. The number of fused-ring (bicyclic) bond motifs is 7. The van der Waals surface area contributed by atoms with Gasteiger partial charge in [0, 0.05) is 16.3 Å². The van der Waals surface area contributed by atoms with Crippen molar-refractivity contribution in [1.29, 1.82) is 0 Å². The molecule has 0 aliphatic heterocycles. The molecule has 6 rings (SSSR count). The second-order valence-corrected chi connectivity index (χ2v) is 6.81. The Morgan fingerprint density at radius 1 is 0.519 bits per heavy atom. The highest BCUT2D eigenvalue weighted by molar-refractivity contribution is 6.22. The van der Waals surface area contributed by atoms with E-state index in [0.717, 1.165) is 32.8 Å². The molecule has 2 nitrogen and oxygen atoms in total. The predicted octanol–water partition coefficient (Wildman–Crippen LogP) is 6.95. The maximum absolute atomic E-state index is 6.37. The fourth-order valence-electron chi connectivity index (χ4n) is 4.05. The van der Waals surface area contributed by atoms with Crippen LogP contribution in [0.15, 0.2) is 95.4 Å². The quantitative estimate of drug-likeness (QED) is 0.301. The van der Waals surface area contributed by atoms with Crippen molar-refractivity contribution in [3.8, 4) is 11.5 Å². The highest BCUT2D eigenvalue weighted by atomic mass is 16.3. The fraction of sp³-hybridized carbons (Fsp3) is 0. The lowest BCUT2D eigenvalue weighted by Crippen LogP contribution is -1.81. The number of hydrogen-bond acceptors (Lipinski definition) is 2. The Hall–Kier alpha value is -3.65. The van der Waals surface area contributed by atoms with Crippen LogP contribution < -0.4 is 0 Å². The maximum Gasteiger partial charge on any atom is 0.227 e. The summed E-state index contributed by atoms with van der Waals surface area (Å²) in [6, 6.07) is 31.4. The number of hydrogen-bond donors (Lipinski definition) is 0. The van der Waals surface area contributed by atoms with Gasteiger partial charge in [0.15, 0.2) is 5.58 Å². The molecule has 0 aliphatic rings. The first-order chi connectivity index (χ1) is 13.4. The Morgan fingerprint density at radius 3 is 1.93 bits per heavy atom. The Kier molecular flexibility index (Phi) is 2.91.